The van der Waals surface area contributed by atoms with Gasteiger partial charge in [0, 0.05) is 4.88 Å². The summed E-state index contributed by atoms with van der Waals surface area (Å²) in [6.07, 6.45) is 2.45. The van der Waals surface area contributed by atoms with Crippen LogP contribution in [0.15, 0.2) is 68.9 Å². The number of hydrogen-bond acceptors (Lipinski definition) is 6. The number of aromatic nitrogens is 1. The van der Waals surface area contributed by atoms with E-state index in [0.717, 1.165) is 10.4 Å². The fourth-order valence-electron chi connectivity index (χ4n) is 3.32. The van der Waals surface area contributed by atoms with Crippen LogP contribution in [0.1, 0.15) is 29.8 Å². The molecule has 4 rings (SSSR count). The first-order valence-electron chi connectivity index (χ1n) is 8.85. The number of nitrogens with zero attached hydrogens (tertiary/aromatic N) is 2. The second-order valence-corrected chi connectivity index (χ2v) is 8.20. The van der Waals surface area contributed by atoms with Gasteiger partial charge in [0.1, 0.15) is 0 Å². The molecule has 1 aromatic carbocycles. The molecule has 1 aliphatic heterocycles. The Labute approximate surface area is 169 Å². The van der Waals surface area contributed by atoms with Crippen molar-refractivity contribution in [2.45, 2.75) is 19.4 Å². The first-order valence-corrected chi connectivity index (χ1v) is 10.5. The number of ether oxygens (including phenoxy) is 1. The van der Waals surface area contributed by atoms with E-state index < -0.39 is 12.0 Å². The van der Waals surface area contributed by atoms with Crippen LogP contribution >= 0.6 is 22.7 Å². The molecule has 0 radical (unpaired) electrons. The molecule has 0 aliphatic carbocycles. The quantitative estimate of drug-likeness (QED) is 0.622. The molecule has 0 fully saturated rings. The van der Waals surface area contributed by atoms with E-state index in [0.29, 0.717) is 27.0 Å². The van der Waals surface area contributed by atoms with Crippen LogP contribution in [-0.2, 0) is 9.53 Å². The average molecular weight is 411 g/mol. The van der Waals surface area contributed by atoms with E-state index in [4.69, 9.17) is 4.74 Å². The Balaban J connectivity index is 2.03. The Morgan fingerprint density at radius 2 is 2.04 bits per heavy atom. The van der Waals surface area contributed by atoms with Crippen LogP contribution in [0.2, 0.25) is 0 Å². The minimum absolute atomic E-state index is 0.150. The Morgan fingerprint density at radius 1 is 1.25 bits per heavy atom. The molecule has 2 aromatic heterocycles. The summed E-state index contributed by atoms with van der Waals surface area (Å²) in [6, 6.07) is 12.9. The van der Waals surface area contributed by atoms with Crippen LogP contribution in [0.25, 0.3) is 6.08 Å². The average Bonchev–Trinajstić information content (AvgIpc) is 3.35. The number of carbonyl (C=O) groups is 1. The second kappa shape index (κ2) is 7.69. The molecule has 3 heterocycles. The van der Waals surface area contributed by atoms with Gasteiger partial charge in [-0.3, -0.25) is 9.36 Å². The number of carbonyl (C=O) groups excluding carboxylic acids is 1. The highest BCUT2D eigenvalue weighted by molar-refractivity contribution is 7.11. The number of thiazole rings is 1. The van der Waals surface area contributed by atoms with E-state index in [2.05, 4.69) is 4.99 Å². The molecule has 0 amide bonds. The first-order chi connectivity index (χ1) is 13.6. The van der Waals surface area contributed by atoms with Gasteiger partial charge in [-0.25, -0.2) is 9.79 Å². The fraction of sp³-hybridized carbons (Fsp3) is 0.190. The zero-order valence-electron chi connectivity index (χ0n) is 15.4. The topological polar surface area (TPSA) is 60.7 Å². The van der Waals surface area contributed by atoms with E-state index in [1.54, 1.807) is 15.9 Å². The summed E-state index contributed by atoms with van der Waals surface area (Å²) in [7, 11) is 1.35. The van der Waals surface area contributed by atoms with Gasteiger partial charge >= 0.3 is 5.97 Å². The van der Waals surface area contributed by atoms with Gasteiger partial charge in [0.2, 0.25) is 0 Å². The molecule has 0 N–H and O–H groups in total. The van der Waals surface area contributed by atoms with Crippen molar-refractivity contribution >= 4 is 34.7 Å². The van der Waals surface area contributed by atoms with Crippen molar-refractivity contribution in [3.63, 3.8) is 0 Å². The standard InChI is InChI=1S/C21H18N2O3S2/c1-3-15-17(20(25)26-2)18(13-8-5-4-6-9-13)23-19(24)16(28-21(23)22-15)12-14-10-7-11-27-14/h4-12,18H,3H2,1-2H3/b16-12-/t18-/m0/s1. The monoisotopic (exact) mass is 410 g/mol. The van der Waals surface area contributed by atoms with Crippen molar-refractivity contribution in [1.82, 2.24) is 4.57 Å². The van der Waals surface area contributed by atoms with Gasteiger partial charge in [0.15, 0.2) is 4.80 Å². The van der Waals surface area contributed by atoms with Gasteiger partial charge in [-0.05, 0) is 29.5 Å². The predicted octanol–water partition coefficient (Wildman–Crippen LogP) is 2.86. The molecule has 0 spiro atoms. The summed E-state index contributed by atoms with van der Waals surface area (Å²) >= 11 is 2.92. The zero-order valence-corrected chi connectivity index (χ0v) is 17.0. The third-order valence-electron chi connectivity index (χ3n) is 4.58. The molecule has 1 atom stereocenters. The van der Waals surface area contributed by atoms with Gasteiger partial charge in [-0.15, -0.1) is 11.3 Å². The number of benzene rings is 1. The highest BCUT2D eigenvalue weighted by Gasteiger charge is 2.33. The molecule has 0 saturated heterocycles. The summed E-state index contributed by atoms with van der Waals surface area (Å²) in [5.41, 5.74) is 1.78. The van der Waals surface area contributed by atoms with E-state index in [1.165, 1.54) is 18.4 Å². The molecule has 3 aromatic rings. The molecule has 7 heteroatoms. The van der Waals surface area contributed by atoms with Crippen molar-refractivity contribution in [3.05, 3.63) is 89.2 Å². The lowest BCUT2D eigenvalue weighted by Gasteiger charge is -2.25. The lowest BCUT2D eigenvalue weighted by molar-refractivity contribution is -0.136. The van der Waals surface area contributed by atoms with Gasteiger partial charge in [0.25, 0.3) is 5.56 Å². The summed E-state index contributed by atoms with van der Waals surface area (Å²) in [5, 5.41) is 1.97. The van der Waals surface area contributed by atoms with Crippen LogP contribution in [0.3, 0.4) is 0 Å². The molecular weight excluding hydrogens is 392 g/mol. The van der Waals surface area contributed by atoms with Crippen LogP contribution in [0.4, 0.5) is 0 Å². The van der Waals surface area contributed by atoms with Crippen molar-refractivity contribution in [2.24, 2.45) is 4.99 Å². The Bertz CT molecular complexity index is 1220. The molecular formula is C21H18N2O3S2. The maximum Gasteiger partial charge on any atom is 0.338 e. The maximum absolute atomic E-state index is 13.3. The van der Waals surface area contributed by atoms with Crippen molar-refractivity contribution < 1.29 is 9.53 Å². The first kappa shape index (κ1) is 18.6. The maximum atomic E-state index is 13.3. The number of esters is 1. The fourth-order valence-corrected chi connectivity index (χ4v) is 5.06. The Morgan fingerprint density at radius 3 is 2.68 bits per heavy atom. The summed E-state index contributed by atoms with van der Waals surface area (Å²) < 4.78 is 7.26. The third-order valence-corrected chi connectivity index (χ3v) is 6.38. The molecule has 0 bridgehead atoms. The van der Waals surface area contributed by atoms with Crippen molar-refractivity contribution in [2.75, 3.05) is 7.11 Å². The minimum Gasteiger partial charge on any atom is -0.466 e. The molecule has 28 heavy (non-hydrogen) atoms. The normalized spacial score (nSPS) is 16.6. The predicted molar refractivity (Wildman–Crippen MR) is 111 cm³/mol. The summed E-state index contributed by atoms with van der Waals surface area (Å²) in [6.45, 7) is 1.95. The number of fused-ring (bicyclic) bond motifs is 1. The molecule has 1 aliphatic rings. The number of rotatable bonds is 4. The van der Waals surface area contributed by atoms with Crippen molar-refractivity contribution in [3.8, 4) is 0 Å². The minimum atomic E-state index is -0.551. The summed E-state index contributed by atoms with van der Waals surface area (Å²) in [4.78, 5) is 32.2. The lowest BCUT2D eigenvalue weighted by atomic mass is 9.95. The highest BCUT2D eigenvalue weighted by atomic mass is 32.1. The van der Waals surface area contributed by atoms with Crippen LogP contribution < -0.4 is 14.9 Å². The number of methoxy groups -OCH3 is 1. The van der Waals surface area contributed by atoms with E-state index in [9.17, 15) is 9.59 Å². The van der Waals surface area contributed by atoms with Crippen molar-refractivity contribution in [1.29, 1.82) is 0 Å². The number of hydrogen-bond donors (Lipinski definition) is 0. The van der Waals surface area contributed by atoms with Gasteiger partial charge in [0.05, 0.1) is 29.0 Å². The number of allylic oxidation sites excluding steroid dienone is 1. The third kappa shape index (κ3) is 3.16. The smallest absolute Gasteiger partial charge is 0.338 e. The van der Waals surface area contributed by atoms with Crippen LogP contribution in [0, 0.1) is 0 Å². The lowest BCUT2D eigenvalue weighted by Crippen LogP contribution is -2.40. The highest BCUT2D eigenvalue weighted by Crippen LogP contribution is 2.31. The summed E-state index contributed by atoms with van der Waals surface area (Å²) in [5.74, 6) is -0.456. The molecule has 0 unspecified atom stereocenters. The Kier molecular flexibility index (Phi) is 5.11. The Hall–Kier alpha value is -2.77. The SMILES string of the molecule is CCC1=C(C(=O)OC)[C@H](c2ccccc2)n2c(s/c(=C\c3cccs3)c2=O)=N1. The molecule has 0 saturated carbocycles. The van der Waals surface area contributed by atoms with Gasteiger partial charge < -0.3 is 4.74 Å². The van der Waals surface area contributed by atoms with Crippen LogP contribution in [-0.4, -0.2) is 17.6 Å². The van der Waals surface area contributed by atoms with Gasteiger partial charge in [-0.1, -0.05) is 54.7 Å². The molecule has 5 nitrogen and oxygen atoms in total. The van der Waals surface area contributed by atoms with E-state index in [-0.39, 0.29) is 5.56 Å². The van der Waals surface area contributed by atoms with Crippen LogP contribution in [0.5, 0.6) is 0 Å². The number of thiophene rings is 1. The zero-order chi connectivity index (χ0) is 19.7. The largest absolute Gasteiger partial charge is 0.466 e. The van der Waals surface area contributed by atoms with E-state index in [1.807, 2.05) is 60.8 Å². The second-order valence-electron chi connectivity index (χ2n) is 6.21. The molecule has 142 valence electrons. The van der Waals surface area contributed by atoms with Gasteiger partial charge in [-0.2, -0.15) is 0 Å². The van der Waals surface area contributed by atoms with E-state index >= 15 is 0 Å².